The number of nitrogens with one attached hydrogen (secondary N) is 2. The fourth-order valence-electron chi connectivity index (χ4n) is 1.72. The summed E-state index contributed by atoms with van der Waals surface area (Å²) >= 11 is 5.97. The fraction of sp³-hybridized carbons (Fsp3) is 0.500. The highest BCUT2D eigenvalue weighted by atomic mass is 35.5. The van der Waals surface area contributed by atoms with Crippen LogP contribution in [-0.4, -0.2) is 32.7 Å². The van der Waals surface area contributed by atoms with Gasteiger partial charge in [-0.05, 0) is 31.5 Å². The molecule has 0 aliphatic carbocycles. The standard InChI is InChI=1S/C14H21ClN2O2.ClH/c1-14(2,11-5-4-6-12(15)9-11)17-13(18)10-16-7-8-19-3;/h4-6,9,16H,7-8,10H2,1-3H3,(H,17,18);1H. The van der Waals surface area contributed by atoms with Gasteiger partial charge in [-0.2, -0.15) is 0 Å². The number of rotatable bonds is 7. The Hall–Kier alpha value is -0.810. The Morgan fingerprint density at radius 3 is 2.70 bits per heavy atom. The molecule has 0 saturated heterocycles. The van der Waals surface area contributed by atoms with E-state index in [1.54, 1.807) is 7.11 Å². The highest BCUT2D eigenvalue weighted by Crippen LogP contribution is 2.22. The van der Waals surface area contributed by atoms with E-state index in [1.165, 1.54) is 0 Å². The number of carbonyl (C=O) groups excluding carboxylic acids is 1. The van der Waals surface area contributed by atoms with Gasteiger partial charge in [0, 0.05) is 18.7 Å². The van der Waals surface area contributed by atoms with Crippen molar-refractivity contribution >= 4 is 29.9 Å². The van der Waals surface area contributed by atoms with Crippen LogP contribution in [0.25, 0.3) is 0 Å². The van der Waals surface area contributed by atoms with E-state index in [4.69, 9.17) is 16.3 Å². The predicted molar refractivity (Wildman–Crippen MR) is 84.6 cm³/mol. The molecule has 1 aromatic carbocycles. The number of hydrogen-bond donors (Lipinski definition) is 2. The summed E-state index contributed by atoms with van der Waals surface area (Å²) in [4.78, 5) is 11.8. The first-order chi connectivity index (χ1) is 8.95. The summed E-state index contributed by atoms with van der Waals surface area (Å²) in [6.45, 7) is 5.41. The van der Waals surface area contributed by atoms with Gasteiger partial charge >= 0.3 is 0 Å². The minimum atomic E-state index is -0.453. The number of carbonyl (C=O) groups is 1. The Balaban J connectivity index is 0.00000361. The van der Waals surface area contributed by atoms with E-state index in [0.717, 1.165) is 5.56 Å². The summed E-state index contributed by atoms with van der Waals surface area (Å²) in [6, 6.07) is 7.50. The van der Waals surface area contributed by atoms with Crippen LogP contribution < -0.4 is 10.6 Å². The Morgan fingerprint density at radius 1 is 1.40 bits per heavy atom. The molecule has 0 fully saturated rings. The molecule has 114 valence electrons. The van der Waals surface area contributed by atoms with Gasteiger partial charge in [-0.1, -0.05) is 23.7 Å². The summed E-state index contributed by atoms with van der Waals surface area (Å²) in [6.07, 6.45) is 0. The van der Waals surface area contributed by atoms with Crippen LogP contribution in [0.4, 0.5) is 0 Å². The van der Waals surface area contributed by atoms with Crippen molar-refractivity contribution in [2.24, 2.45) is 0 Å². The van der Waals surface area contributed by atoms with E-state index in [1.807, 2.05) is 38.1 Å². The maximum atomic E-state index is 11.8. The molecule has 0 atom stereocenters. The zero-order valence-electron chi connectivity index (χ0n) is 12.0. The van der Waals surface area contributed by atoms with Gasteiger partial charge in [-0.15, -0.1) is 12.4 Å². The number of methoxy groups -OCH3 is 1. The second kappa shape index (κ2) is 9.19. The van der Waals surface area contributed by atoms with Crippen molar-refractivity contribution in [3.8, 4) is 0 Å². The first-order valence-electron chi connectivity index (χ1n) is 6.22. The fourth-order valence-corrected chi connectivity index (χ4v) is 1.91. The monoisotopic (exact) mass is 320 g/mol. The largest absolute Gasteiger partial charge is 0.383 e. The van der Waals surface area contributed by atoms with Crippen molar-refractivity contribution in [3.05, 3.63) is 34.9 Å². The molecule has 0 heterocycles. The van der Waals surface area contributed by atoms with Crippen LogP contribution in [0.1, 0.15) is 19.4 Å². The van der Waals surface area contributed by atoms with E-state index < -0.39 is 5.54 Å². The molecule has 1 aromatic rings. The minimum Gasteiger partial charge on any atom is -0.383 e. The van der Waals surface area contributed by atoms with E-state index >= 15 is 0 Å². The Labute approximate surface area is 131 Å². The van der Waals surface area contributed by atoms with Crippen LogP contribution in [0.15, 0.2) is 24.3 Å². The second-order valence-corrected chi connectivity index (χ2v) is 5.29. The molecule has 20 heavy (non-hydrogen) atoms. The molecule has 2 N–H and O–H groups in total. The molecule has 1 amide bonds. The van der Waals surface area contributed by atoms with Gasteiger partial charge in [0.15, 0.2) is 0 Å². The zero-order valence-corrected chi connectivity index (χ0v) is 13.6. The van der Waals surface area contributed by atoms with Gasteiger partial charge < -0.3 is 15.4 Å². The third-order valence-corrected chi connectivity index (χ3v) is 3.00. The van der Waals surface area contributed by atoms with Crippen molar-refractivity contribution in [1.29, 1.82) is 0 Å². The molecule has 1 rings (SSSR count). The van der Waals surface area contributed by atoms with Crippen molar-refractivity contribution in [2.75, 3.05) is 26.8 Å². The minimum absolute atomic E-state index is 0. The molecule has 0 radical (unpaired) electrons. The molecule has 6 heteroatoms. The highest BCUT2D eigenvalue weighted by molar-refractivity contribution is 6.30. The van der Waals surface area contributed by atoms with Crippen molar-refractivity contribution in [3.63, 3.8) is 0 Å². The molecule has 0 bridgehead atoms. The van der Waals surface area contributed by atoms with Gasteiger partial charge in [0.25, 0.3) is 0 Å². The van der Waals surface area contributed by atoms with E-state index in [9.17, 15) is 4.79 Å². The lowest BCUT2D eigenvalue weighted by molar-refractivity contribution is -0.121. The predicted octanol–water partition coefficient (Wildman–Crippen LogP) is 2.35. The molecular weight excluding hydrogens is 299 g/mol. The molecule has 0 aliphatic rings. The van der Waals surface area contributed by atoms with Gasteiger partial charge in [0.2, 0.25) is 5.91 Å². The van der Waals surface area contributed by atoms with Crippen LogP contribution in [0.5, 0.6) is 0 Å². The van der Waals surface area contributed by atoms with Crippen LogP contribution in [0.3, 0.4) is 0 Å². The Kier molecular flexibility index (Phi) is 8.81. The van der Waals surface area contributed by atoms with E-state index in [-0.39, 0.29) is 24.9 Å². The van der Waals surface area contributed by atoms with Crippen LogP contribution in [0, 0.1) is 0 Å². The zero-order chi connectivity index (χ0) is 14.3. The Bertz CT molecular complexity index is 425. The van der Waals surface area contributed by atoms with Crippen LogP contribution in [-0.2, 0) is 15.1 Å². The molecule has 0 spiro atoms. The maximum absolute atomic E-state index is 11.8. The first-order valence-corrected chi connectivity index (χ1v) is 6.60. The van der Waals surface area contributed by atoms with Crippen molar-refractivity contribution in [1.82, 2.24) is 10.6 Å². The van der Waals surface area contributed by atoms with Gasteiger partial charge in [-0.25, -0.2) is 0 Å². The van der Waals surface area contributed by atoms with Gasteiger partial charge in [0.05, 0.1) is 18.7 Å². The van der Waals surface area contributed by atoms with Crippen molar-refractivity contribution < 1.29 is 9.53 Å². The molecule has 0 aliphatic heterocycles. The van der Waals surface area contributed by atoms with Gasteiger partial charge in [0.1, 0.15) is 0 Å². The molecular formula is C14H22Cl2N2O2. The second-order valence-electron chi connectivity index (χ2n) is 4.85. The SMILES string of the molecule is COCCNCC(=O)NC(C)(C)c1cccc(Cl)c1.Cl. The van der Waals surface area contributed by atoms with E-state index in [0.29, 0.717) is 18.2 Å². The lowest BCUT2D eigenvalue weighted by atomic mass is 9.94. The number of halogens is 2. The summed E-state index contributed by atoms with van der Waals surface area (Å²) in [5.41, 5.74) is 0.524. The molecule has 4 nitrogen and oxygen atoms in total. The van der Waals surface area contributed by atoms with Gasteiger partial charge in [-0.3, -0.25) is 4.79 Å². The normalized spacial score (nSPS) is 10.8. The third-order valence-electron chi connectivity index (χ3n) is 2.77. The van der Waals surface area contributed by atoms with Crippen molar-refractivity contribution in [2.45, 2.75) is 19.4 Å². The molecule has 0 aromatic heterocycles. The number of benzene rings is 1. The topological polar surface area (TPSA) is 50.4 Å². The summed E-state index contributed by atoms with van der Waals surface area (Å²) in [7, 11) is 1.63. The summed E-state index contributed by atoms with van der Waals surface area (Å²) in [5.74, 6) is -0.0546. The summed E-state index contributed by atoms with van der Waals surface area (Å²) in [5, 5.41) is 6.65. The number of hydrogen-bond acceptors (Lipinski definition) is 3. The Morgan fingerprint density at radius 2 is 2.10 bits per heavy atom. The first kappa shape index (κ1) is 19.2. The lowest BCUT2D eigenvalue weighted by Crippen LogP contribution is -2.45. The van der Waals surface area contributed by atoms with Crippen LogP contribution >= 0.6 is 24.0 Å². The average molecular weight is 321 g/mol. The maximum Gasteiger partial charge on any atom is 0.234 e. The quantitative estimate of drug-likeness (QED) is 0.758. The number of ether oxygens (including phenoxy) is 1. The third kappa shape index (κ3) is 6.57. The van der Waals surface area contributed by atoms with Crippen LogP contribution in [0.2, 0.25) is 5.02 Å². The lowest BCUT2D eigenvalue weighted by Gasteiger charge is -2.27. The molecule has 0 saturated carbocycles. The smallest absolute Gasteiger partial charge is 0.234 e. The van der Waals surface area contributed by atoms with E-state index in [2.05, 4.69) is 10.6 Å². The number of amides is 1. The average Bonchev–Trinajstić information content (AvgIpc) is 2.34. The highest BCUT2D eigenvalue weighted by Gasteiger charge is 2.22. The summed E-state index contributed by atoms with van der Waals surface area (Å²) < 4.78 is 4.90. The molecule has 0 unspecified atom stereocenters.